The summed E-state index contributed by atoms with van der Waals surface area (Å²) in [6.07, 6.45) is 2.65. The fourth-order valence-corrected chi connectivity index (χ4v) is 3.66. The lowest BCUT2D eigenvalue weighted by Crippen LogP contribution is -2.54. The number of nitriles is 1. The van der Waals surface area contributed by atoms with Crippen LogP contribution in [0.2, 0.25) is 0 Å². The highest BCUT2D eigenvalue weighted by atomic mass is 16.5. The first-order valence-corrected chi connectivity index (χ1v) is 7.76. The smallest absolute Gasteiger partial charge is 0.123 e. The molecule has 1 aromatic carbocycles. The Balaban J connectivity index is 1.78. The topological polar surface area (TPSA) is 39.5 Å². The van der Waals surface area contributed by atoms with Gasteiger partial charge in [-0.25, -0.2) is 0 Å². The van der Waals surface area contributed by atoms with Gasteiger partial charge in [0.2, 0.25) is 0 Å². The first-order chi connectivity index (χ1) is 10.2. The Hall–Kier alpha value is -1.57. The first kappa shape index (κ1) is 14.4. The fourth-order valence-electron chi connectivity index (χ4n) is 3.66. The van der Waals surface area contributed by atoms with Gasteiger partial charge in [0.25, 0.3) is 0 Å². The molecule has 112 valence electrons. The van der Waals surface area contributed by atoms with Crippen LogP contribution in [0.1, 0.15) is 30.9 Å². The van der Waals surface area contributed by atoms with Crippen molar-refractivity contribution in [2.75, 3.05) is 26.7 Å². The number of hydrogen-bond donors (Lipinski definition) is 0. The number of ether oxygens (including phenoxy) is 1. The number of rotatable bonds is 3. The Morgan fingerprint density at radius 3 is 3.00 bits per heavy atom. The van der Waals surface area contributed by atoms with Crippen LogP contribution in [0, 0.1) is 11.3 Å². The van der Waals surface area contributed by atoms with E-state index in [1.165, 1.54) is 19.4 Å². The van der Waals surface area contributed by atoms with E-state index in [1.54, 1.807) is 7.11 Å². The van der Waals surface area contributed by atoms with Gasteiger partial charge < -0.3 is 4.74 Å². The maximum absolute atomic E-state index is 9.10. The van der Waals surface area contributed by atoms with Gasteiger partial charge in [-0.1, -0.05) is 0 Å². The minimum Gasteiger partial charge on any atom is -0.496 e. The van der Waals surface area contributed by atoms with E-state index >= 15 is 0 Å². The average Bonchev–Trinajstić information content (AvgIpc) is 2.94. The summed E-state index contributed by atoms with van der Waals surface area (Å²) in [5, 5.41) is 9.10. The van der Waals surface area contributed by atoms with Gasteiger partial charge in [-0.2, -0.15) is 5.26 Å². The number of hydrogen-bond acceptors (Lipinski definition) is 4. The van der Waals surface area contributed by atoms with Crippen molar-refractivity contribution in [2.24, 2.45) is 0 Å². The Morgan fingerprint density at radius 1 is 1.38 bits per heavy atom. The van der Waals surface area contributed by atoms with Gasteiger partial charge in [0.1, 0.15) is 5.75 Å². The van der Waals surface area contributed by atoms with Crippen LogP contribution < -0.4 is 4.74 Å². The standard InChI is InChI=1S/C17H23N3O/c1-13-10-19-7-3-4-16(19)12-20(13)11-15-8-14(9-18)5-6-17(15)21-2/h5-6,8,13,16H,3-4,7,10-12H2,1-2H3. The van der Waals surface area contributed by atoms with E-state index < -0.39 is 0 Å². The lowest BCUT2D eigenvalue weighted by atomic mass is 10.0. The minimum absolute atomic E-state index is 0.551. The molecular weight excluding hydrogens is 262 g/mol. The lowest BCUT2D eigenvalue weighted by molar-refractivity contribution is 0.0535. The highest BCUT2D eigenvalue weighted by Gasteiger charge is 2.34. The van der Waals surface area contributed by atoms with E-state index in [4.69, 9.17) is 10.00 Å². The minimum atomic E-state index is 0.551. The first-order valence-electron chi connectivity index (χ1n) is 7.76. The highest BCUT2D eigenvalue weighted by molar-refractivity contribution is 5.42. The van der Waals surface area contributed by atoms with E-state index in [1.807, 2.05) is 18.2 Å². The second kappa shape index (κ2) is 6.05. The molecule has 0 spiro atoms. The van der Waals surface area contributed by atoms with Gasteiger partial charge in [0.05, 0.1) is 18.7 Å². The molecule has 2 aliphatic heterocycles. The van der Waals surface area contributed by atoms with E-state index in [2.05, 4.69) is 22.8 Å². The van der Waals surface area contributed by atoms with E-state index in [0.717, 1.165) is 30.9 Å². The quantitative estimate of drug-likeness (QED) is 0.854. The molecule has 0 radical (unpaired) electrons. The SMILES string of the molecule is COc1ccc(C#N)cc1CN1CC2CCCN2CC1C. The molecule has 2 atom stereocenters. The lowest BCUT2D eigenvalue weighted by Gasteiger charge is -2.42. The molecule has 0 aliphatic carbocycles. The van der Waals surface area contributed by atoms with Crippen LogP contribution in [0.25, 0.3) is 0 Å². The van der Waals surface area contributed by atoms with Gasteiger partial charge in [0, 0.05) is 37.3 Å². The largest absolute Gasteiger partial charge is 0.496 e. The van der Waals surface area contributed by atoms with Gasteiger partial charge in [-0.05, 0) is 44.5 Å². The number of piperazine rings is 1. The molecule has 3 rings (SSSR count). The van der Waals surface area contributed by atoms with Gasteiger partial charge in [-0.15, -0.1) is 0 Å². The highest BCUT2D eigenvalue weighted by Crippen LogP contribution is 2.28. The monoisotopic (exact) mass is 285 g/mol. The summed E-state index contributed by atoms with van der Waals surface area (Å²) in [7, 11) is 1.70. The Morgan fingerprint density at radius 2 is 2.24 bits per heavy atom. The van der Waals surface area contributed by atoms with Crippen molar-refractivity contribution in [3.05, 3.63) is 29.3 Å². The van der Waals surface area contributed by atoms with Crippen LogP contribution in [0.4, 0.5) is 0 Å². The number of methoxy groups -OCH3 is 1. The summed E-state index contributed by atoms with van der Waals surface area (Å²) >= 11 is 0. The molecule has 1 aromatic rings. The molecule has 4 heteroatoms. The van der Waals surface area contributed by atoms with Crippen LogP contribution in [-0.2, 0) is 6.54 Å². The summed E-state index contributed by atoms with van der Waals surface area (Å²) in [6.45, 7) is 6.71. The molecule has 0 N–H and O–H groups in total. The number of benzene rings is 1. The second-order valence-electron chi connectivity index (χ2n) is 6.21. The third-order valence-corrected chi connectivity index (χ3v) is 4.85. The van der Waals surface area contributed by atoms with Crippen LogP contribution >= 0.6 is 0 Å². The molecule has 2 fully saturated rings. The zero-order chi connectivity index (χ0) is 14.8. The molecule has 2 saturated heterocycles. The Labute approximate surface area is 126 Å². The molecule has 0 saturated carbocycles. The summed E-state index contributed by atoms with van der Waals surface area (Å²) in [4.78, 5) is 5.16. The van der Waals surface area contributed by atoms with Gasteiger partial charge in [-0.3, -0.25) is 9.80 Å². The van der Waals surface area contributed by atoms with Gasteiger partial charge in [0.15, 0.2) is 0 Å². The normalized spacial score (nSPS) is 26.3. The number of nitrogens with zero attached hydrogens (tertiary/aromatic N) is 3. The molecule has 2 unspecified atom stereocenters. The van der Waals surface area contributed by atoms with Crippen molar-refractivity contribution in [3.63, 3.8) is 0 Å². The maximum Gasteiger partial charge on any atom is 0.123 e. The predicted molar refractivity (Wildman–Crippen MR) is 82.2 cm³/mol. The van der Waals surface area contributed by atoms with E-state index in [0.29, 0.717) is 17.6 Å². The average molecular weight is 285 g/mol. The van der Waals surface area contributed by atoms with Gasteiger partial charge >= 0.3 is 0 Å². The summed E-state index contributed by atoms with van der Waals surface area (Å²) in [5.74, 6) is 0.884. The van der Waals surface area contributed by atoms with Crippen LogP contribution in [0.3, 0.4) is 0 Å². The van der Waals surface area contributed by atoms with Crippen LogP contribution in [0.5, 0.6) is 5.75 Å². The molecule has 4 nitrogen and oxygen atoms in total. The molecule has 0 amide bonds. The summed E-state index contributed by atoms with van der Waals surface area (Å²) in [5.41, 5.74) is 1.83. The van der Waals surface area contributed by atoms with Crippen molar-refractivity contribution < 1.29 is 4.74 Å². The van der Waals surface area contributed by atoms with Crippen molar-refractivity contribution in [1.82, 2.24) is 9.80 Å². The van der Waals surface area contributed by atoms with Crippen LogP contribution in [-0.4, -0.2) is 48.6 Å². The van der Waals surface area contributed by atoms with Crippen molar-refractivity contribution in [2.45, 2.75) is 38.4 Å². The van der Waals surface area contributed by atoms with Crippen LogP contribution in [0.15, 0.2) is 18.2 Å². The third kappa shape index (κ3) is 2.90. The number of fused-ring (bicyclic) bond motifs is 1. The van der Waals surface area contributed by atoms with Crippen molar-refractivity contribution in [1.29, 1.82) is 5.26 Å². The molecule has 0 bridgehead atoms. The molecule has 2 aliphatic rings. The molecular formula is C17H23N3O. The Bertz CT molecular complexity index is 551. The summed E-state index contributed by atoms with van der Waals surface area (Å²) < 4.78 is 5.46. The molecule has 2 heterocycles. The third-order valence-electron chi connectivity index (χ3n) is 4.85. The Kier molecular flexibility index (Phi) is 4.14. The molecule has 0 aromatic heterocycles. The maximum atomic E-state index is 9.10. The van der Waals surface area contributed by atoms with Crippen molar-refractivity contribution >= 4 is 0 Å². The van der Waals surface area contributed by atoms with Crippen molar-refractivity contribution in [3.8, 4) is 11.8 Å². The zero-order valence-corrected chi connectivity index (χ0v) is 12.9. The zero-order valence-electron chi connectivity index (χ0n) is 12.9. The van der Waals surface area contributed by atoms with E-state index in [-0.39, 0.29) is 0 Å². The second-order valence-corrected chi connectivity index (χ2v) is 6.21. The van der Waals surface area contributed by atoms with E-state index in [9.17, 15) is 0 Å². The fraction of sp³-hybridized carbons (Fsp3) is 0.588. The predicted octanol–water partition coefficient (Wildman–Crippen LogP) is 2.24. The molecule has 21 heavy (non-hydrogen) atoms. The summed E-state index contributed by atoms with van der Waals surface area (Å²) in [6, 6.07) is 9.18.